The van der Waals surface area contributed by atoms with Crippen molar-refractivity contribution in [2.45, 2.75) is 18.9 Å². The predicted octanol–water partition coefficient (Wildman–Crippen LogP) is 0.443. The van der Waals surface area contributed by atoms with Crippen LogP contribution in [0.5, 0.6) is 0 Å². The Bertz CT molecular complexity index is 638. The number of carboxylic acids is 1. The van der Waals surface area contributed by atoms with E-state index in [-0.39, 0.29) is 18.5 Å². The quantitative estimate of drug-likeness (QED) is 0.359. The van der Waals surface area contributed by atoms with Crippen LogP contribution in [0.3, 0.4) is 0 Å². The summed E-state index contributed by atoms with van der Waals surface area (Å²) in [5, 5.41) is 21.7. The molecular formula is C14H15N3O6. The van der Waals surface area contributed by atoms with E-state index in [1.54, 1.807) is 0 Å². The van der Waals surface area contributed by atoms with E-state index in [1.807, 2.05) is 0 Å². The first-order valence-corrected chi connectivity index (χ1v) is 6.53. The van der Waals surface area contributed by atoms with Crippen LogP contribution in [0.2, 0.25) is 0 Å². The molecule has 122 valence electrons. The molecule has 1 atom stereocenters. The number of nitro benzene ring substituents is 1. The van der Waals surface area contributed by atoms with Crippen LogP contribution in [0.15, 0.2) is 30.3 Å². The number of carbonyl (C=O) groups excluding carboxylic acids is 2. The maximum atomic E-state index is 11.7. The Morgan fingerprint density at radius 2 is 1.91 bits per heavy atom. The number of nitrogens with one attached hydrogen (secondary N) is 1. The Labute approximate surface area is 130 Å². The lowest BCUT2D eigenvalue weighted by atomic mass is 10.1. The van der Waals surface area contributed by atoms with E-state index in [2.05, 4.69) is 5.32 Å². The lowest BCUT2D eigenvalue weighted by Crippen LogP contribution is -2.40. The van der Waals surface area contributed by atoms with Gasteiger partial charge in [0.1, 0.15) is 6.04 Å². The molecule has 0 spiro atoms. The maximum absolute atomic E-state index is 11.7. The van der Waals surface area contributed by atoms with Crippen molar-refractivity contribution in [2.24, 2.45) is 5.73 Å². The van der Waals surface area contributed by atoms with E-state index in [4.69, 9.17) is 10.8 Å². The Morgan fingerprint density at radius 3 is 2.39 bits per heavy atom. The number of hydrogen-bond acceptors (Lipinski definition) is 5. The van der Waals surface area contributed by atoms with Gasteiger partial charge in [-0.05, 0) is 30.2 Å². The maximum Gasteiger partial charge on any atom is 0.326 e. The van der Waals surface area contributed by atoms with Gasteiger partial charge in [0, 0.05) is 24.6 Å². The fourth-order valence-electron chi connectivity index (χ4n) is 1.64. The molecule has 0 radical (unpaired) electrons. The van der Waals surface area contributed by atoms with Crippen LogP contribution >= 0.6 is 0 Å². The second kappa shape index (κ2) is 8.27. The number of non-ortho nitro benzene ring substituents is 1. The summed E-state index contributed by atoms with van der Waals surface area (Å²) in [7, 11) is 0. The fraction of sp³-hybridized carbons (Fsp3) is 0.214. The number of aliphatic carboxylic acids is 1. The second-order valence-corrected chi connectivity index (χ2v) is 4.59. The number of rotatable bonds is 8. The monoisotopic (exact) mass is 321 g/mol. The van der Waals surface area contributed by atoms with Gasteiger partial charge in [0.25, 0.3) is 5.69 Å². The number of carbonyl (C=O) groups is 3. The highest BCUT2D eigenvalue weighted by atomic mass is 16.6. The Hall–Kier alpha value is -3.23. The van der Waals surface area contributed by atoms with E-state index in [1.165, 1.54) is 30.3 Å². The van der Waals surface area contributed by atoms with Crippen molar-refractivity contribution >= 4 is 29.5 Å². The molecule has 1 aromatic carbocycles. The first-order valence-electron chi connectivity index (χ1n) is 6.53. The molecule has 0 aliphatic carbocycles. The zero-order valence-electron chi connectivity index (χ0n) is 12.0. The molecule has 1 aromatic rings. The zero-order chi connectivity index (χ0) is 17.4. The molecule has 0 aliphatic rings. The average Bonchev–Trinajstić information content (AvgIpc) is 2.49. The van der Waals surface area contributed by atoms with E-state index >= 15 is 0 Å². The minimum absolute atomic E-state index is 0.0796. The number of nitro groups is 1. The van der Waals surface area contributed by atoms with Gasteiger partial charge in [-0.25, -0.2) is 4.79 Å². The van der Waals surface area contributed by atoms with E-state index < -0.39 is 28.7 Å². The van der Waals surface area contributed by atoms with Crippen LogP contribution in [0.4, 0.5) is 5.69 Å². The highest BCUT2D eigenvalue weighted by Crippen LogP contribution is 2.12. The third-order valence-electron chi connectivity index (χ3n) is 2.83. The number of hydrogen-bond donors (Lipinski definition) is 3. The van der Waals surface area contributed by atoms with Crippen molar-refractivity contribution in [3.8, 4) is 0 Å². The zero-order valence-corrected chi connectivity index (χ0v) is 12.0. The van der Waals surface area contributed by atoms with E-state index in [0.717, 1.165) is 6.08 Å². The highest BCUT2D eigenvalue weighted by molar-refractivity contribution is 5.94. The van der Waals surface area contributed by atoms with Crippen LogP contribution in [0.25, 0.3) is 6.08 Å². The number of carboxylic acid groups (broad SMARTS) is 1. The summed E-state index contributed by atoms with van der Waals surface area (Å²) in [6, 6.07) is 4.24. The molecule has 0 heterocycles. The van der Waals surface area contributed by atoms with Gasteiger partial charge in [0.2, 0.25) is 11.8 Å². The molecule has 0 saturated carbocycles. The summed E-state index contributed by atoms with van der Waals surface area (Å²) in [5.74, 6) is -2.60. The Balaban J connectivity index is 2.64. The van der Waals surface area contributed by atoms with Crippen LogP contribution in [-0.2, 0) is 14.4 Å². The number of benzene rings is 1. The third-order valence-corrected chi connectivity index (χ3v) is 2.83. The summed E-state index contributed by atoms with van der Waals surface area (Å²) in [5.41, 5.74) is 5.39. The van der Waals surface area contributed by atoms with Crippen molar-refractivity contribution in [3.63, 3.8) is 0 Å². The first kappa shape index (κ1) is 17.8. The third kappa shape index (κ3) is 6.38. The summed E-state index contributed by atoms with van der Waals surface area (Å²) in [4.78, 5) is 43.2. The van der Waals surface area contributed by atoms with Crippen LogP contribution < -0.4 is 11.1 Å². The lowest BCUT2D eigenvalue weighted by Gasteiger charge is -2.11. The molecule has 0 bridgehead atoms. The molecule has 4 N–H and O–H groups in total. The standard InChI is InChI=1S/C14H15N3O6/c15-12(18)7-6-11(14(20)21)16-13(19)8-3-9-1-4-10(5-2-9)17(22)23/h1-5,8,11H,6-7H2,(H2,15,18)(H,16,19)(H,20,21)/b8-3+. The van der Waals surface area contributed by atoms with Crippen molar-refractivity contribution < 1.29 is 24.4 Å². The molecule has 2 amide bonds. The van der Waals surface area contributed by atoms with Gasteiger partial charge >= 0.3 is 5.97 Å². The highest BCUT2D eigenvalue weighted by Gasteiger charge is 2.19. The van der Waals surface area contributed by atoms with Crippen LogP contribution in [0.1, 0.15) is 18.4 Å². The van der Waals surface area contributed by atoms with E-state index in [0.29, 0.717) is 5.56 Å². The normalized spacial score (nSPS) is 11.8. The molecule has 9 nitrogen and oxygen atoms in total. The van der Waals surface area contributed by atoms with Crippen LogP contribution in [0, 0.1) is 10.1 Å². The molecule has 0 saturated heterocycles. The molecule has 0 fully saturated rings. The summed E-state index contributed by atoms with van der Waals surface area (Å²) in [6.45, 7) is 0. The van der Waals surface area contributed by atoms with Gasteiger partial charge in [0.15, 0.2) is 0 Å². The molecule has 0 aliphatic heterocycles. The van der Waals surface area contributed by atoms with Crippen molar-refractivity contribution in [1.29, 1.82) is 0 Å². The minimum Gasteiger partial charge on any atom is -0.480 e. The predicted molar refractivity (Wildman–Crippen MR) is 80.1 cm³/mol. The van der Waals surface area contributed by atoms with Gasteiger partial charge in [-0.15, -0.1) is 0 Å². The van der Waals surface area contributed by atoms with Crippen molar-refractivity contribution in [1.82, 2.24) is 5.32 Å². The largest absolute Gasteiger partial charge is 0.480 e. The summed E-state index contributed by atoms with van der Waals surface area (Å²) >= 11 is 0. The first-order chi connectivity index (χ1) is 10.8. The van der Waals surface area contributed by atoms with Gasteiger partial charge in [-0.3, -0.25) is 19.7 Å². The van der Waals surface area contributed by atoms with Crippen LogP contribution in [-0.4, -0.2) is 33.9 Å². The van der Waals surface area contributed by atoms with E-state index in [9.17, 15) is 24.5 Å². The molecular weight excluding hydrogens is 306 g/mol. The topological polar surface area (TPSA) is 153 Å². The number of amides is 2. The number of nitrogens with two attached hydrogens (primary N) is 1. The SMILES string of the molecule is NC(=O)CCC(NC(=O)/C=C/c1ccc([N+](=O)[O-])cc1)C(=O)O. The van der Waals surface area contributed by atoms with Gasteiger partial charge in [-0.1, -0.05) is 0 Å². The molecule has 1 rings (SSSR count). The Morgan fingerprint density at radius 1 is 1.30 bits per heavy atom. The van der Waals surface area contributed by atoms with Gasteiger partial charge < -0.3 is 16.2 Å². The number of nitrogens with zero attached hydrogens (tertiary/aromatic N) is 1. The van der Waals surface area contributed by atoms with Crippen molar-refractivity contribution in [3.05, 3.63) is 46.0 Å². The second-order valence-electron chi connectivity index (χ2n) is 4.59. The fourth-order valence-corrected chi connectivity index (χ4v) is 1.64. The molecule has 9 heteroatoms. The smallest absolute Gasteiger partial charge is 0.326 e. The summed E-state index contributed by atoms with van der Waals surface area (Å²) in [6.07, 6.45) is 2.21. The lowest BCUT2D eigenvalue weighted by molar-refractivity contribution is -0.384. The average molecular weight is 321 g/mol. The summed E-state index contributed by atoms with van der Waals surface area (Å²) < 4.78 is 0. The molecule has 1 unspecified atom stereocenters. The van der Waals surface area contributed by atoms with Gasteiger partial charge in [0.05, 0.1) is 4.92 Å². The minimum atomic E-state index is -1.27. The van der Waals surface area contributed by atoms with Gasteiger partial charge in [-0.2, -0.15) is 0 Å². The molecule has 23 heavy (non-hydrogen) atoms. The van der Waals surface area contributed by atoms with Crippen molar-refractivity contribution in [2.75, 3.05) is 0 Å². The Kier molecular flexibility index (Phi) is 6.41. The number of primary amides is 1. The molecule has 0 aromatic heterocycles.